The second-order valence-electron chi connectivity index (χ2n) is 2.26. The van der Waals surface area contributed by atoms with Gasteiger partial charge < -0.3 is 9.84 Å². The zero-order valence-electron chi connectivity index (χ0n) is 6.92. The van der Waals surface area contributed by atoms with E-state index in [0.717, 1.165) is 0 Å². The van der Waals surface area contributed by atoms with Crippen molar-refractivity contribution < 1.29 is 9.84 Å². The number of benzene rings is 1. The van der Waals surface area contributed by atoms with E-state index in [1.165, 1.54) is 0 Å². The van der Waals surface area contributed by atoms with Crippen LogP contribution in [0.5, 0.6) is 5.75 Å². The lowest BCUT2D eigenvalue weighted by molar-refractivity contribution is 0.201. The Morgan fingerprint density at radius 3 is 2.62 bits per heavy atom. The van der Waals surface area contributed by atoms with Crippen molar-refractivity contribution >= 4 is 5.69 Å². The van der Waals surface area contributed by atoms with Crippen molar-refractivity contribution in [2.45, 2.75) is 0 Å². The number of aliphatic hydroxyl groups is 1. The Labute approximate surface area is 75.2 Å². The molecule has 0 atom stereocenters. The molecule has 5 heteroatoms. The SMILES string of the molecule is [N-]=[N+]=Nc1ccc(OCCO)cc1. The fraction of sp³-hybridized carbons (Fsp3) is 0.250. The molecule has 1 rings (SSSR count). The van der Waals surface area contributed by atoms with E-state index in [1.807, 2.05) is 0 Å². The Hall–Kier alpha value is -1.71. The lowest BCUT2D eigenvalue weighted by Gasteiger charge is -2.02. The third-order valence-corrected chi connectivity index (χ3v) is 1.36. The van der Waals surface area contributed by atoms with Crippen LogP contribution in [0.1, 0.15) is 0 Å². The van der Waals surface area contributed by atoms with Crippen molar-refractivity contribution in [3.05, 3.63) is 34.7 Å². The zero-order valence-corrected chi connectivity index (χ0v) is 6.92. The number of ether oxygens (including phenoxy) is 1. The highest BCUT2D eigenvalue weighted by molar-refractivity contribution is 5.40. The molecule has 0 fully saturated rings. The first-order valence-electron chi connectivity index (χ1n) is 3.75. The smallest absolute Gasteiger partial charge is 0.119 e. The molecule has 0 heterocycles. The first-order chi connectivity index (χ1) is 6.36. The number of hydrogen-bond donors (Lipinski definition) is 1. The highest BCUT2D eigenvalue weighted by atomic mass is 16.5. The Morgan fingerprint density at radius 1 is 1.38 bits per heavy atom. The topological polar surface area (TPSA) is 78.2 Å². The molecular formula is C8H9N3O2. The quantitative estimate of drug-likeness (QED) is 0.435. The summed E-state index contributed by atoms with van der Waals surface area (Å²) < 4.78 is 5.10. The van der Waals surface area contributed by atoms with Crippen molar-refractivity contribution in [3.63, 3.8) is 0 Å². The van der Waals surface area contributed by atoms with Crippen LogP contribution in [0.15, 0.2) is 29.4 Å². The van der Waals surface area contributed by atoms with Crippen LogP contribution in [0.3, 0.4) is 0 Å². The van der Waals surface area contributed by atoms with Gasteiger partial charge in [0.25, 0.3) is 0 Å². The molecule has 0 amide bonds. The molecular weight excluding hydrogens is 170 g/mol. The normalized spacial score (nSPS) is 9.00. The number of nitrogens with zero attached hydrogens (tertiary/aromatic N) is 3. The molecule has 1 aromatic carbocycles. The van der Waals surface area contributed by atoms with Crippen molar-refractivity contribution in [2.24, 2.45) is 5.11 Å². The van der Waals surface area contributed by atoms with Crippen molar-refractivity contribution in [2.75, 3.05) is 13.2 Å². The maximum absolute atomic E-state index is 8.47. The van der Waals surface area contributed by atoms with Crippen LogP contribution in [-0.4, -0.2) is 18.3 Å². The summed E-state index contributed by atoms with van der Waals surface area (Å²) in [7, 11) is 0. The summed E-state index contributed by atoms with van der Waals surface area (Å²) in [5.74, 6) is 0.644. The molecule has 68 valence electrons. The molecule has 1 N–H and O–H groups in total. The monoisotopic (exact) mass is 179 g/mol. The molecule has 0 aliphatic carbocycles. The molecule has 5 nitrogen and oxygen atoms in total. The van der Waals surface area contributed by atoms with Gasteiger partial charge in [0.1, 0.15) is 12.4 Å². The minimum Gasteiger partial charge on any atom is -0.491 e. The van der Waals surface area contributed by atoms with E-state index < -0.39 is 0 Å². The van der Waals surface area contributed by atoms with E-state index in [0.29, 0.717) is 11.4 Å². The summed E-state index contributed by atoms with van der Waals surface area (Å²) in [4.78, 5) is 2.64. The van der Waals surface area contributed by atoms with Gasteiger partial charge in [0, 0.05) is 10.6 Å². The lowest BCUT2D eigenvalue weighted by atomic mass is 10.3. The molecule has 0 aliphatic rings. The number of azide groups is 1. The van der Waals surface area contributed by atoms with Crippen LogP contribution in [0.4, 0.5) is 5.69 Å². The lowest BCUT2D eigenvalue weighted by Crippen LogP contribution is -2.00. The predicted molar refractivity (Wildman–Crippen MR) is 47.8 cm³/mol. The van der Waals surface area contributed by atoms with Crippen molar-refractivity contribution in [1.82, 2.24) is 0 Å². The van der Waals surface area contributed by atoms with E-state index in [2.05, 4.69) is 10.0 Å². The Balaban J connectivity index is 2.63. The number of rotatable bonds is 4. The molecule has 0 radical (unpaired) electrons. The Bertz CT molecular complexity index is 304. The standard InChI is InChI=1S/C8H9N3O2/c9-11-10-7-1-3-8(4-2-7)13-6-5-12/h1-4,12H,5-6H2. The van der Waals surface area contributed by atoms with Gasteiger partial charge in [-0.15, -0.1) is 0 Å². The third-order valence-electron chi connectivity index (χ3n) is 1.36. The molecule has 0 aromatic heterocycles. The average Bonchev–Trinajstić information content (AvgIpc) is 2.17. The maximum atomic E-state index is 8.47. The second kappa shape index (κ2) is 5.03. The van der Waals surface area contributed by atoms with Gasteiger partial charge in [0.05, 0.1) is 6.61 Å². The minimum absolute atomic E-state index is 0.0158. The second-order valence-corrected chi connectivity index (χ2v) is 2.26. The van der Waals surface area contributed by atoms with E-state index in [4.69, 9.17) is 15.4 Å². The molecule has 0 aliphatic heterocycles. The molecule has 0 saturated carbocycles. The zero-order chi connectivity index (χ0) is 9.52. The Kier molecular flexibility index (Phi) is 3.63. The first-order valence-corrected chi connectivity index (χ1v) is 3.75. The van der Waals surface area contributed by atoms with E-state index in [-0.39, 0.29) is 13.2 Å². The van der Waals surface area contributed by atoms with Crippen LogP contribution in [0, 0.1) is 0 Å². The van der Waals surface area contributed by atoms with Gasteiger partial charge >= 0.3 is 0 Å². The highest BCUT2D eigenvalue weighted by Crippen LogP contribution is 2.17. The van der Waals surface area contributed by atoms with Gasteiger partial charge in [-0.3, -0.25) is 0 Å². The van der Waals surface area contributed by atoms with E-state index >= 15 is 0 Å². The number of aliphatic hydroxyl groups excluding tert-OH is 1. The fourth-order valence-electron chi connectivity index (χ4n) is 0.824. The van der Waals surface area contributed by atoms with Crippen LogP contribution in [0.2, 0.25) is 0 Å². The van der Waals surface area contributed by atoms with Gasteiger partial charge in [-0.1, -0.05) is 5.11 Å². The summed E-state index contributed by atoms with van der Waals surface area (Å²) in [6.45, 7) is 0.249. The maximum Gasteiger partial charge on any atom is 0.119 e. The molecule has 0 spiro atoms. The van der Waals surface area contributed by atoms with Crippen molar-refractivity contribution in [1.29, 1.82) is 0 Å². The molecule has 13 heavy (non-hydrogen) atoms. The predicted octanol–water partition coefficient (Wildman–Crippen LogP) is 2.00. The molecule has 0 saturated heterocycles. The van der Waals surface area contributed by atoms with Gasteiger partial charge in [0.2, 0.25) is 0 Å². The first kappa shape index (κ1) is 9.38. The average molecular weight is 179 g/mol. The molecule has 0 unspecified atom stereocenters. The van der Waals surface area contributed by atoms with Crippen LogP contribution in [0.25, 0.3) is 10.4 Å². The van der Waals surface area contributed by atoms with Gasteiger partial charge in [-0.25, -0.2) is 0 Å². The Morgan fingerprint density at radius 2 is 2.08 bits per heavy atom. The molecule has 0 bridgehead atoms. The van der Waals surface area contributed by atoms with Gasteiger partial charge in [-0.2, -0.15) is 0 Å². The summed E-state index contributed by atoms with van der Waals surface area (Å²) in [6, 6.07) is 6.65. The summed E-state index contributed by atoms with van der Waals surface area (Å²) in [5, 5.41) is 11.9. The van der Waals surface area contributed by atoms with Crippen LogP contribution < -0.4 is 4.74 Å². The summed E-state index contributed by atoms with van der Waals surface area (Å²) in [5.41, 5.74) is 8.67. The van der Waals surface area contributed by atoms with E-state index in [9.17, 15) is 0 Å². The molecule has 1 aromatic rings. The number of hydrogen-bond acceptors (Lipinski definition) is 3. The summed E-state index contributed by atoms with van der Waals surface area (Å²) >= 11 is 0. The summed E-state index contributed by atoms with van der Waals surface area (Å²) in [6.07, 6.45) is 0. The minimum atomic E-state index is -0.0158. The van der Waals surface area contributed by atoms with Crippen LogP contribution in [-0.2, 0) is 0 Å². The highest BCUT2D eigenvalue weighted by Gasteiger charge is 1.92. The van der Waals surface area contributed by atoms with Crippen LogP contribution >= 0.6 is 0 Å². The largest absolute Gasteiger partial charge is 0.491 e. The van der Waals surface area contributed by atoms with Gasteiger partial charge in [-0.05, 0) is 29.8 Å². The third kappa shape index (κ3) is 3.02. The van der Waals surface area contributed by atoms with E-state index in [1.54, 1.807) is 24.3 Å². The van der Waals surface area contributed by atoms with Crippen molar-refractivity contribution in [3.8, 4) is 5.75 Å². The fourth-order valence-corrected chi connectivity index (χ4v) is 0.824. The van der Waals surface area contributed by atoms with Gasteiger partial charge in [0.15, 0.2) is 0 Å².